The number of carbonyl (C=O) groups excluding carboxylic acids is 1. The van der Waals surface area contributed by atoms with E-state index in [0.717, 1.165) is 16.8 Å². The predicted octanol–water partition coefficient (Wildman–Crippen LogP) is 2.90. The molecule has 1 aromatic heterocycles. The van der Waals surface area contributed by atoms with Crippen LogP contribution in [0.3, 0.4) is 0 Å². The van der Waals surface area contributed by atoms with Gasteiger partial charge in [-0.15, -0.1) is 0 Å². The van der Waals surface area contributed by atoms with Gasteiger partial charge in [0.25, 0.3) is 5.56 Å². The number of fused-ring (bicyclic) bond motifs is 1. The van der Waals surface area contributed by atoms with E-state index in [1.807, 2.05) is 80.5 Å². The Kier molecular flexibility index (Phi) is 5.84. The molecule has 0 unspecified atom stereocenters. The van der Waals surface area contributed by atoms with E-state index in [2.05, 4.69) is 4.99 Å². The summed E-state index contributed by atoms with van der Waals surface area (Å²) < 4.78 is 7.48. The second-order valence-corrected chi connectivity index (χ2v) is 8.91. The van der Waals surface area contributed by atoms with Crippen molar-refractivity contribution in [2.75, 3.05) is 26.1 Å². The number of hydrogen-bond acceptors (Lipinski definition) is 6. The Hall–Kier alpha value is -3.45. The molecule has 0 spiro atoms. The van der Waals surface area contributed by atoms with Crippen LogP contribution in [0.15, 0.2) is 69.6 Å². The highest BCUT2D eigenvalue weighted by atomic mass is 32.1. The molecule has 0 radical (unpaired) electrons. The van der Waals surface area contributed by atoms with E-state index in [9.17, 15) is 9.59 Å². The van der Waals surface area contributed by atoms with Gasteiger partial charge in [0.05, 0.1) is 17.7 Å². The Labute approximate surface area is 190 Å². The maximum Gasteiger partial charge on any atom is 0.271 e. The van der Waals surface area contributed by atoms with Gasteiger partial charge in [-0.25, -0.2) is 4.99 Å². The molecule has 32 heavy (non-hydrogen) atoms. The molecule has 7 heteroatoms. The third-order valence-corrected chi connectivity index (χ3v) is 6.52. The minimum absolute atomic E-state index is 0.0966. The zero-order chi connectivity index (χ0) is 23.0. The number of rotatable bonds is 5. The summed E-state index contributed by atoms with van der Waals surface area (Å²) >= 11 is 1.34. The van der Waals surface area contributed by atoms with Crippen molar-refractivity contribution in [3.8, 4) is 5.75 Å². The van der Waals surface area contributed by atoms with Crippen molar-refractivity contribution < 1.29 is 9.53 Å². The van der Waals surface area contributed by atoms with Gasteiger partial charge >= 0.3 is 0 Å². The lowest BCUT2D eigenvalue weighted by Crippen LogP contribution is -2.39. The first-order valence-electron chi connectivity index (χ1n) is 10.2. The van der Waals surface area contributed by atoms with Gasteiger partial charge in [0.2, 0.25) is 0 Å². The summed E-state index contributed by atoms with van der Waals surface area (Å²) in [5.41, 5.74) is 3.88. The molecule has 4 rings (SSSR count). The fourth-order valence-electron chi connectivity index (χ4n) is 3.89. The summed E-state index contributed by atoms with van der Waals surface area (Å²) in [5, 5.41) is 0. The molecule has 1 aliphatic rings. The van der Waals surface area contributed by atoms with Crippen molar-refractivity contribution in [1.29, 1.82) is 0 Å². The number of Topliss-reactive ketones (excluding diaryl/α,β-unsaturated/α-hetero) is 1. The van der Waals surface area contributed by atoms with Crippen molar-refractivity contribution in [1.82, 2.24) is 4.57 Å². The monoisotopic (exact) mass is 447 g/mol. The largest absolute Gasteiger partial charge is 0.497 e. The van der Waals surface area contributed by atoms with Crippen molar-refractivity contribution in [3.05, 3.63) is 90.6 Å². The number of ether oxygens (including phenoxy) is 1. The number of thiazole rings is 1. The zero-order valence-corrected chi connectivity index (χ0v) is 19.6. The molecule has 0 fully saturated rings. The SMILES string of the molecule is COc1ccc([C@@H]2C(C(C)=O)=C(C)N=c3sc(=Cc4ccc(N(C)C)cc4)c(=O)n32)cc1. The number of methoxy groups -OCH3 is 1. The third-order valence-electron chi connectivity index (χ3n) is 5.54. The number of benzene rings is 2. The van der Waals surface area contributed by atoms with Gasteiger partial charge in [0.15, 0.2) is 10.6 Å². The lowest BCUT2D eigenvalue weighted by atomic mass is 9.93. The zero-order valence-electron chi connectivity index (χ0n) is 18.7. The lowest BCUT2D eigenvalue weighted by Gasteiger charge is -2.24. The Morgan fingerprint density at radius 1 is 1.12 bits per heavy atom. The highest BCUT2D eigenvalue weighted by Gasteiger charge is 2.30. The highest BCUT2D eigenvalue weighted by Crippen LogP contribution is 2.31. The average Bonchev–Trinajstić information content (AvgIpc) is 3.07. The lowest BCUT2D eigenvalue weighted by molar-refractivity contribution is -0.114. The van der Waals surface area contributed by atoms with E-state index in [0.29, 0.717) is 26.4 Å². The quantitative estimate of drug-likeness (QED) is 0.603. The maximum absolute atomic E-state index is 13.5. The number of anilines is 1. The van der Waals surface area contributed by atoms with Gasteiger partial charge in [-0.2, -0.15) is 0 Å². The van der Waals surface area contributed by atoms with Crippen LogP contribution < -0.4 is 24.5 Å². The predicted molar refractivity (Wildman–Crippen MR) is 128 cm³/mol. The molecule has 6 nitrogen and oxygen atoms in total. The van der Waals surface area contributed by atoms with E-state index in [-0.39, 0.29) is 11.3 Å². The first-order chi connectivity index (χ1) is 15.3. The number of nitrogens with zero attached hydrogens (tertiary/aromatic N) is 3. The number of ketones is 1. The van der Waals surface area contributed by atoms with Gasteiger partial charge in [-0.05, 0) is 55.3 Å². The van der Waals surface area contributed by atoms with Gasteiger partial charge in [0, 0.05) is 31.1 Å². The fourth-order valence-corrected chi connectivity index (χ4v) is 4.94. The van der Waals surface area contributed by atoms with Crippen LogP contribution in [0.4, 0.5) is 5.69 Å². The van der Waals surface area contributed by atoms with Gasteiger partial charge in [0.1, 0.15) is 5.75 Å². The standard InChI is InChI=1S/C25H25N3O3S/c1-15-22(16(2)29)23(18-8-12-20(31-5)13-9-18)28-24(30)21(32-25(28)26-15)14-17-6-10-19(11-7-17)27(3)4/h6-14,23H,1-5H3/t23-/m1/s1. The van der Waals surface area contributed by atoms with Crippen LogP contribution in [0, 0.1) is 0 Å². The molecule has 2 aromatic carbocycles. The molecule has 1 aliphatic heterocycles. The summed E-state index contributed by atoms with van der Waals surface area (Å²) in [4.78, 5) is 33.3. The Morgan fingerprint density at radius 2 is 1.78 bits per heavy atom. The molecule has 0 saturated heterocycles. The van der Waals surface area contributed by atoms with Crippen molar-refractivity contribution in [2.24, 2.45) is 4.99 Å². The molecule has 0 saturated carbocycles. The van der Waals surface area contributed by atoms with E-state index in [1.54, 1.807) is 11.7 Å². The summed E-state index contributed by atoms with van der Waals surface area (Å²) in [7, 11) is 5.58. The number of aromatic nitrogens is 1. The first-order valence-corrected chi connectivity index (χ1v) is 11.1. The van der Waals surface area contributed by atoms with Crippen LogP contribution in [-0.2, 0) is 4.79 Å². The summed E-state index contributed by atoms with van der Waals surface area (Å²) in [5.74, 6) is 0.619. The van der Waals surface area contributed by atoms with E-state index in [4.69, 9.17) is 4.74 Å². The smallest absolute Gasteiger partial charge is 0.271 e. The maximum atomic E-state index is 13.5. The molecule has 3 aromatic rings. The average molecular weight is 448 g/mol. The molecule has 164 valence electrons. The van der Waals surface area contributed by atoms with Crippen LogP contribution >= 0.6 is 11.3 Å². The van der Waals surface area contributed by atoms with E-state index < -0.39 is 6.04 Å². The van der Waals surface area contributed by atoms with Crippen molar-refractivity contribution in [2.45, 2.75) is 19.9 Å². The minimum atomic E-state index is -0.520. The molecular weight excluding hydrogens is 422 g/mol. The molecule has 0 amide bonds. The van der Waals surface area contributed by atoms with Gasteiger partial charge in [-0.1, -0.05) is 35.6 Å². The van der Waals surface area contributed by atoms with Crippen LogP contribution in [0.25, 0.3) is 6.08 Å². The van der Waals surface area contributed by atoms with Crippen LogP contribution in [0.1, 0.15) is 31.0 Å². The Bertz CT molecular complexity index is 1380. The van der Waals surface area contributed by atoms with Gasteiger partial charge in [-0.3, -0.25) is 14.2 Å². The second-order valence-electron chi connectivity index (χ2n) is 7.90. The summed E-state index contributed by atoms with van der Waals surface area (Å²) in [6.07, 6.45) is 1.88. The van der Waals surface area contributed by atoms with Crippen molar-refractivity contribution >= 4 is 28.9 Å². The molecule has 0 bridgehead atoms. The molecule has 2 heterocycles. The van der Waals surface area contributed by atoms with Crippen LogP contribution in [-0.4, -0.2) is 31.6 Å². The van der Waals surface area contributed by atoms with Gasteiger partial charge < -0.3 is 9.64 Å². The molecule has 1 atom stereocenters. The summed E-state index contributed by atoms with van der Waals surface area (Å²) in [6, 6.07) is 14.9. The fraction of sp³-hybridized carbons (Fsp3) is 0.240. The van der Waals surface area contributed by atoms with Crippen LogP contribution in [0.2, 0.25) is 0 Å². The Balaban J connectivity index is 1.89. The van der Waals surface area contributed by atoms with E-state index >= 15 is 0 Å². The van der Waals surface area contributed by atoms with Crippen molar-refractivity contribution in [3.63, 3.8) is 0 Å². The first kappa shape index (κ1) is 21.8. The topological polar surface area (TPSA) is 63.9 Å². The molecular formula is C25H25N3O3S. The number of hydrogen-bond donors (Lipinski definition) is 0. The Morgan fingerprint density at radius 3 is 2.34 bits per heavy atom. The van der Waals surface area contributed by atoms with Crippen LogP contribution in [0.5, 0.6) is 5.75 Å². The molecule has 0 aliphatic carbocycles. The highest BCUT2D eigenvalue weighted by molar-refractivity contribution is 7.07. The normalized spacial score (nSPS) is 15.9. The van der Waals surface area contributed by atoms with E-state index in [1.165, 1.54) is 18.3 Å². The number of allylic oxidation sites excluding steroid dienone is 2. The second kappa shape index (κ2) is 8.59. The molecule has 0 N–H and O–H groups in total. The minimum Gasteiger partial charge on any atom is -0.497 e. The summed E-state index contributed by atoms with van der Waals surface area (Å²) in [6.45, 7) is 3.34. The number of carbonyl (C=O) groups is 1. The third kappa shape index (κ3) is 3.91.